The van der Waals surface area contributed by atoms with E-state index in [-0.39, 0.29) is 0 Å². The van der Waals surface area contributed by atoms with Gasteiger partial charge >= 0.3 is 0 Å². The molecule has 11 heavy (non-hydrogen) atoms. The van der Waals surface area contributed by atoms with E-state index in [1.165, 1.54) is 0 Å². The molecule has 1 atom stereocenters. The molecule has 0 rings (SSSR count). The van der Waals surface area contributed by atoms with Gasteiger partial charge in [-0.3, -0.25) is 4.57 Å². The maximum absolute atomic E-state index is 11.6. The Bertz CT molecular complexity index is 159. The maximum Gasteiger partial charge on any atom is 0.206 e. The number of alkyl halides is 1. The highest BCUT2D eigenvalue weighted by Gasteiger charge is 2.17. The van der Waals surface area contributed by atoms with Gasteiger partial charge in [0.15, 0.2) is 0 Å². The van der Waals surface area contributed by atoms with Crippen molar-refractivity contribution in [1.29, 1.82) is 0 Å². The van der Waals surface area contributed by atoms with Crippen molar-refractivity contribution in [3.8, 4) is 0 Å². The Morgan fingerprint density at radius 3 is 2.73 bits per heavy atom. The van der Waals surface area contributed by atoms with Crippen LogP contribution in [0.3, 0.4) is 0 Å². The molecule has 0 heterocycles. The summed E-state index contributed by atoms with van der Waals surface area (Å²) in [5, 5.41) is 0.730. The van der Waals surface area contributed by atoms with Gasteiger partial charge in [0.05, 0.1) is 6.61 Å². The second-order valence-corrected chi connectivity index (χ2v) is 5.80. The zero-order chi connectivity index (χ0) is 8.74. The smallest absolute Gasteiger partial charge is 0.206 e. The summed E-state index contributed by atoms with van der Waals surface area (Å²) in [4.78, 5) is 0. The fourth-order valence-electron chi connectivity index (χ4n) is 0.671. The SMILES string of the molecule is C=CCP(=O)(CC)OCCBr. The Balaban J connectivity index is 3.88. The van der Waals surface area contributed by atoms with Gasteiger partial charge in [0.2, 0.25) is 7.37 Å². The molecule has 0 aromatic heterocycles. The monoisotopic (exact) mass is 240 g/mol. The lowest BCUT2D eigenvalue weighted by Gasteiger charge is -2.13. The molecule has 66 valence electrons. The summed E-state index contributed by atoms with van der Waals surface area (Å²) in [6.45, 7) is 5.92. The van der Waals surface area contributed by atoms with Crippen molar-refractivity contribution in [2.24, 2.45) is 0 Å². The van der Waals surface area contributed by atoms with Crippen LogP contribution in [-0.2, 0) is 9.09 Å². The first-order valence-electron chi connectivity index (χ1n) is 3.58. The maximum atomic E-state index is 11.6. The first-order chi connectivity index (χ1) is 5.18. The Kier molecular flexibility index (Phi) is 6.21. The third-order valence-electron chi connectivity index (χ3n) is 1.29. The van der Waals surface area contributed by atoms with E-state index in [1.807, 2.05) is 6.92 Å². The molecule has 0 saturated carbocycles. The van der Waals surface area contributed by atoms with Gasteiger partial charge in [0.25, 0.3) is 0 Å². The topological polar surface area (TPSA) is 26.3 Å². The third kappa shape index (κ3) is 4.78. The molecule has 0 fully saturated rings. The molecule has 0 N–H and O–H groups in total. The molecule has 0 aliphatic carbocycles. The van der Waals surface area contributed by atoms with Crippen molar-refractivity contribution in [1.82, 2.24) is 0 Å². The number of halogens is 1. The first kappa shape index (κ1) is 11.4. The zero-order valence-corrected chi connectivity index (χ0v) is 9.23. The van der Waals surface area contributed by atoms with Crippen molar-refractivity contribution in [3.05, 3.63) is 12.7 Å². The van der Waals surface area contributed by atoms with Gasteiger partial charge in [0, 0.05) is 17.7 Å². The van der Waals surface area contributed by atoms with Crippen LogP contribution in [0.1, 0.15) is 6.92 Å². The van der Waals surface area contributed by atoms with Crippen LogP contribution in [0, 0.1) is 0 Å². The molecule has 0 radical (unpaired) electrons. The molecule has 0 aromatic carbocycles. The lowest BCUT2D eigenvalue weighted by atomic mass is 10.8. The molecule has 0 amide bonds. The van der Waals surface area contributed by atoms with Crippen LogP contribution in [0.15, 0.2) is 12.7 Å². The van der Waals surface area contributed by atoms with Crippen molar-refractivity contribution < 1.29 is 9.09 Å². The lowest BCUT2D eigenvalue weighted by molar-refractivity contribution is 0.340. The predicted molar refractivity (Wildman–Crippen MR) is 53.0 cm³/mol. The van der Waals surface area contributed by atoms with Crippen LogP contribution in [0.5, 0.6) is 0 Å². The minimum absolute atomic E-state index is 0.483. The molecule has 0 aliphatic heterocycles. The van der Waals surface area contributed by atoms with Gasteiger partial charge in [-0.1, -0.05) is 28.9 Å². The number of hydrogen-bond donors (Lipinski definition) is 0. The quantitative estimate of drug-likeness (QED) is 0.406. The molecule has 0 bridgehead atoms. The Morgan fingerprint density at radius 1 is 1.73 bits per heavy atom. The summed E-state index contributed by atoms with van der Waals surface area (Å²) in [5.41, 5.74) is 0. The van der Waals surface area contributed by atoms with E-state index < -0.39 is 7.37 Å². The van der Waals surface area contributed by atoms with Crippen LogP contribution in [0.2, 0.25) is 0 Å². The fraction of sp³-hybridized carbons (Fsp3) is 0.714. The highest BCUT2D eigenvalue weighted by atomic mass is 79.9. The second kappa shape index (κ2) is 5.99. The lowest BCUT2D eigenvalue weighted by Crippen LogP contribution is -1.98. The molecular formula is C7H14BrO2P. The minimum Gasteiger partial charge on any atom is -0.327 e. The first-order valence-corrected chi connectivity index (χ1v) is 6.69. The van der Waals surface area contributed by atoms with Crippen molar-refractivity contribution in [2.45, 2.75) is 6.92 Å². The average Bonchev–Trinajstić information content (AvgIpc) is 2.02. The summed E-state index contributed by atoms with van der Waals surface area (Å²) in [5.74, 6) is 0. The van der Waals surface area contributed by atoms with Gasteiger partial charge in [-0.05, 0) is 0 Å². The molecule has 2 nitrogen and oxygen atoms in total. The highest BCUT2D eigenvalue weighted by molar-refractivity contribution is 9.09. The fourth-order valence-corrected chi connectivity index (χ4v) is 2.45. The summed E-state index contributed by atoms with van der Waals surface area (Å²) < 4.78 is 16.8. The minimum atomic E-state index is -2.36. The Hall–Kier alpha value is 0.410. The van der Waals surface area contributed by atoms with Crippen molar-refractivity contribution >= 4 is 23.3 Å². The van der Waals surface area contributed by atoms with Crippen molar-refractivity contribution in [2.75, 3.05) is 24.3 Å². The van der Waals surface area contributed by atoms with E-state index in [2.05, 4.69) is 22.5 Å². The second-order valence-electron chi connectivity index (χ2n) is 2.12. The van der Waals surface area contributed by atoms with Crippen molar-refractivity contribution in [3.63, 3.8) is 0 Å². The summed E-state index contributed by atoms with van der Waals surface area (Å²) in [6, 6.07) is 0. The van der Waals surface area contributed by atoms with Crippen LogP contribution >= 0.6 is 23.3 Å². The molecule has 4 heteroatoms. The number of allylic oxidation sites excluding steroid dienone is 1. The van der Waals surface area contributed by atoms with Gasteiger partial charge in [-0.25, -0.2) is 0 Å². The number of rotatable bonds is 6. The molecule has 0 aromatic rings. The Morgan fingerprint density at radius 2 is 2.36 bits per heavy atom. The zero-order valence-electron chi connectivity index (χ0n) is 6.75. The molecule has 0 aliphatic rings. The van der Waals surface area contributed by atoms with Gasteiger partial charge in [-0.2, -0.15) is 0 Å². The number of hydrogen-bond acceptors (Lipinski definition) is 2. The highest BCUT2D eigenvalue weighted by Crippen LogP contribution is 2.46. The van der Waals surface area contributed by atoms with E-state index in [9.17, 15) is 4.57 Å². The predicted octanol–water partition coefficient (Wildman–Crippen LogP) is 2.88. The molecule has 0 spiro atoms. The van der Waals surface area contributed by atoms with Crippen LogP contribution < -0.4 is 0 Å². The Labute approximate surface area is 76.6 Å². The summed E-state index contributed by atoms with van der Waals surface area (Å²) in [7, 11) is -2.36. The van der Waals surface area contributed by atoms with Crippen LogP contribution in [-0.4, -0.2) is 24.3 Å². The van der Waals surface area contributed by atoms with E-state index in [1.54, 1.807) is 6.08 Å². The van der Waals surface area contributed by atoms with E-state index in [0.717, 1.165) is 5.33 Å². The standard InChI is InChI=1S/C7H14BrO2P/c1-3-7-11(9,4-2)10-6-5-8/h3H,1,4-7H2,2H3. The summed E-state index contributed by atoms with van der Waals surface area (Å²) in [6.07, 6.45) is 2.72. The average molecular weight is 241 g/mol. The molecule has 1 unspecified atom stereocenters. The van der Waals surface area contributed by atoms with Gasteiger partial charge < -0.3 is 4.52 Å². The van der Waals surface area contributed by atoms with Gasteiger partial charge in [-0.15, -0.1) is 6.58 Å². The van der Waals surface area contributed by atoms with E-state index in [4.69, 9.17) is 4.52 Å². The van der Waals surface area contributed by atoms with E-state index >= 15 is 0 Å². The molecule has 0 saturated heterocycles. The summed E-state index contributed by atoms with van der Waals surface area (Å²) >= 11 is 3.21. The largest absolute Gasteiger partial charge is 0.327 e. The van der Waals surface area contributed by atoms with Crippen LogP contribution in [0.4, 0.5) is 0 Å². The van der Waals surface area contributed by atoms with Crippen LogP contribution in [0.25, 0.3) is 0 Å². The third-order valence-corrected chi connectivity index (χ3v) is 4.05. The normalized spacial score (nSPS) is 15.8. The van der Waals surface area contributed by atoms with E-state index in [0.29, 0.717) is 18.9 Å². The van der Waals surface area contributed by atoms with Gasteiger partial charge in [0.1, 0.15) is 0 Å². The molecular weight excluding hydrogens is 227 g/mol.